The van der Waals surface area contributed by atoms with Crippen LogP contribution >= 0.6 is 0 Å². The number of ketones is 1. The van der Waals surface area contributed by atoms with Gasteiger partial charge in [0.15, 0.2) is 17.4 Å². The second-order valence-corrected chi connectivity index (χ2v) is 3.58. The van der Waals surface area contributed by atoms with Crippen molar-refractivity contribution in [1.29, 1.82) is 0 Å². The molecule has 0 unspecified atom stereocenters. The lowest BCUT2D eigenvalue weighted by Crippen LogP contribution is -2.04. The zero-order chi connectivity index (χ0) is 12.3. The Labute approximate surface area is 96.9 Å². The van der Waals surface area contributed by atoms with E-state index in [4.69, 9.17) is 0 Å². The fourth-order valence-corrected chi connectivity index (χ4v) is 1.47. The number of nitrogens with zero attached hydrogens (tertiary/aromatic N) is 1. The van der Waals surface area contributed by atoms with Crippen molar-refractivity contribution in [3.8, 4) is 0 Å². The summed E-state index contributed by atoms with van der Waals surface area (Å²) in [6.45, 7) is 0. The second-order valence-electron chi connectivity index (χ2n) is 3.58. The smallest absolute Gasteiger partial charge is 0.167 e. The van der Waals surface area contributed by atoms with Crippen LogP contribution in [0.1, 0.15) is 15.9 Å². The topological polar surface area (TPSA) is 30.0 Å². The molecule has 2 aromatic rings. The summed E-state index contributed by atoms with van der Waals surface area (Å²) in [6, 6.07) is 6.63. The SMILES string of the molecule is O=C(Cc1ccc(F)c(F)c1)c1ccncc1. The van der Waals surface area contributed by atoms with Crippen molar-refractivity contribution in [2.24, 2.45) is 0 Å². The summed E-state index contributed by atoms with van der Waals surface area (Å²) in [4.78, 5) is 15.6. The van der Waals surface area contributed by atoms with Gasteiger partial charge in [-0.3, -0.25) is 9.78 Å². The summed E-state index contributed by atoms with van der Waals surface area (Å²) >= 11 is 0. The summed E-state index contributed by atoms with van der Waals surface area (Å²) in [7, 11) is 0. The average molecular weight is 233 g/mol. The molecule has 4 heteroatoms. The Kier molecular flexibility index (Phi) is 3.23. The van der Waals surface area contributed by atoms with Gasteiger partial charge < -0.3 is 0 Å². The number of carbonyl (C=O) groups is 1. The van der Waals surface area contributed by atoms with Crippen molar-refractivity contribution in [1.82, 2.24) is 4.98 Å². The van der Waals surface area contributed by atoms with Crippen molar-refractivity contribution in [3.63, 3.8) is 0 Å². The third kappa shape index (κ3) is 2.72. The van der Waals surface area contributed by atoms with E-state index in [2.05, 4.69) is 4.98 Å². The highest BCUT2D eigenvalue weighted by molar-refractivity contribution is 5.97. The van der Waals surface area contributed by atoms with Crippen LogP contribution in [0.4, 0.5) is 8.78 Å². The summed E-state index contributed by atoms with van der Waals surface area (Å²) in [5.41, 5.74) is 0.954. The Morgan fingerprint density at radius 3 is 2.41 bits per heavy atom. The predicted octanol–water partition coefficient (Wildman–Crippen LogP) is 2.79. The molecule has 0 bridgehead atoms. The Balaban J connectivity index is 2.16. The van der Waals surface area contributed by atoms with Crippen LogP contribution < -0.4 is 0 Å². The van der Waals surface area contributed by atoms with Crippen LogP contribution in [0, 0.1) is 11.6 Å². The molecule has 1 aromatic heterocycles. The fraction of sp³-hybridized carbons (Fsp3) is 0.0769. The lowest BCUT2D eigenvalue weighted by atomic mass is 10.0. The maximum Gasteiger partial charge on any atom is 0.167 e. The first kappa shape index (κ1) is 11.4. The summed E-state index contributed by atoms with van der Waals surface area (Å²) in [5, 5.41) is 0. The molecule has 0 aliphatic carbocycles. The van der Waals surface area contributed by atoms with Gasteiger partial charge in [0, 0.05) is 24.4 Å². The monoisotopic (exact) mass is 233 g/mol. The van der Waals surface area contributed by atoms with Crippen molar-refractivity contribution >= 4 is 5.78 Å². The minimum Gasteiger partial charge on any atom is -0.294 e. The summed E-state index contributed by atoms with van der Waals surface area (Å²) < 4.78 is 25.6. The van der Waals surface area contributed by atoms with E-state index in [1.165, 1.54) is 18.5 Å². The molecule has 86 valence electrons. The number of carbonyl (C=O) groups excluding carboxylic acids is 1. The van der Waals surface area contributed by atoms with Crippen LogP contribution in [0.2, 0.25) is 0 Å². The van der Waals surface area contributed by atoms with Crippen LogP contribution in [0.25, 0.3) is 0 Å². The molecule has 0 aliphatic rings. The number of hydrogen-bond donors (Lipinski definition) is 0. The lowest BCUT2D eigenvalue weighted by molar-refractivity contribution is 0.0993. The van der Waals surface area contributed by atoms with Gasteiger partial charge in [0.05, 0.1) is 0 Å². The second kappa shape index (κ2) is 4.82. The van der Waals surface area contributed by atoms with Gasteiger partial charge in [0.25, 0.3) is 0 Å². The van der Waals surface area contributed by atoms with E-state index in [-0.39, 0.29) is 12.2 Å². The molecule has 0 saturated carbocycles. The molecule has 17 heavy (non-hydrogen) atoms. The number of Topliss-reactive ketones (excluding diaryl/α,β-unsaturated/α-hetero) is 1. The molecule has 0 atom stereocenters. The number of aromatic nitrogens is 1. The van der Waals surface area contributed by atoms with Crippen molar-refractivity contribution in [2.75, 3.05) is 0 Å². The maximum atomic E-state index is 12.9. The van der Waals surface area contributed by atoms with Crippen LogP contribution in [-0.4, -0.2) is 10.8 Å². The normalized spacial score (nSPS) is 10.2. The molecule has 0 saturated heterocycles. The molecule has 0 spiro atoms. The van der Waals surface area contributed by atoms with Crippen LogP contribution in [0.3, 0.4) is 0 Å². The van der Waals surface area contributed by atoms with Gasteiger partial charge in [-0.1, -0.05) is 6.07 Å². The van der Waals surface area contributed by atoms with Crippen molar-refractivity contribution < 1.29 is 13.6 Å². The Bertz CT molecular complexity index is 540. The molecular formula is C13H9F2NO. The number of hydrogen-bond acceptors (Lipinski definition) is 2. The molecule has 1 aromatic carbocycles. The maximum absolute atomic E-state index is 12.9. The zero-order valence-corrected chi connectivity index (χ0v) is 8.86. The van der Waals surface area contributed by atoms with Gasteiger partial charge >= 0.3 is 0 Å². The van der Waals surface area contributed by atoms with E-state index >= 15 is 0 Å². The number of benzene rings is 1. The Morgan fingerprint density at radius 2 is 1.76 bits per heavy atom. The van der Waals surface area contributed by atoms with E-state index in [1.807, 2.05) is 0 Å². The quantitative estimate of drug-likeness (QED) is 0.763. The van der Waals surface area contributed by atoms with E-state index in [1.54, 1.807) is 12.1 Å². The van der Waals surface area contributed by atoms with Gasteiger partial charge in [-0.25, -0.2) is 8.78 Å². The minimum absolute atomic E-state index is 0.0429. The predicted molar refractivity (Wildman–Crippen MR) is 58.6 cm³/mol. The molecule has 2 nitrogen and oxygen atoms in total. The highest BCUT2D eigenvalue weighted by Crippen LogP contribution is 2.11. The molecule has 0 N–H and O–H groups in total. The average Bonchev–Trinajstić information content (AvgIpc) is 2.35. The Morgan fingerprint density at radius 1 is 1.06 bits per heavy atom. The molecule has 0 amide bonds. The first-order chi connectivity index (χ1) is 8.16. The highest BCUT2D eigenvalue weighted by atomic mass is 19.2. The zero-order valence-electron chi connectivity index (χ0n) is 8.86. The van der Waals surface area contributed by atoms with Gasteiger partial charge in [0.2, 0.25) is 0 Å². The van der Waals surface area contributed by atoms with Crippen LogP contribution in [-0.2, 0) is 6.42 Å². The first-order valence-corrected chi connectivity index (χ1v) is 5.04. The fourth-order valence-electron chi connectivity index (χ4n) is 1.47. The van der Waals surface area contributed by atoms with E-state index in [0.717, 1.165) is 12.1 Å². The van der Waals surface area contributed by atoms with Crippen LogP contribution in [0.15, 0.2) is 42.7 Å². The number of pyridine rings is 1. The first-order valence-electron chi connectivity index (χ1n) is 5.04. The third-order valence-corrected chi connectivity index (χ3v) is 2.35. The molecule has 0 fully saturated rings. The minimum atomic E-state index is -0.940. The van der Waals surface area contributed by atoms with Gasteiger partial charge in [-0.05, 0) is 29.8 Å². The summed E-state index contributed by atoms with van der Waals surface area (Å²) in [6.07, 6.45) is 3.07. The Hall–Kier alpha value is -2.10. The standard InChI is InChI=1S/C13H9F2NO/c14-11-2-1-9(7-12(11)15)8-13(17)10-3-5-16-6-4-10/h1-7H,8H2. The summed E-state index contributed by atoms with van der Waals surface area (Å²) in [5.74, 6) is -2.01. The lowest BCUT2D eigenvalue weighted by Gasteiger charge is -2.02. The number of rotatable bonds is 3. The van der Waals surface area contributed by atoms with E-state index < -0.39 is 11.6 Å². The number of halogens is 2. The molecule has 0 aliphatic heterocycles. The molecular weight excluding hydrogens is 224 g/mol. The van der Waals surface area contributed by atoms with Crippen LogP contribution in [0.5, 0.6) is 0 Å². The van der Waals surface area contributed by atoms with Crippen molar-refractivity contribution in [2.45, 2.75) is 6.42 Å². The molecule has 1 heterocycles. The van der Waals surface area contributed by atoms with Gasteiger partial charge in [-0.15, -0.1) is 0 Å². The highest BCUT2D eigenvalue weighted by Gasteiger charge is 2.09. The van der Waals surface area contributed by atoms with Crippen molar-refractivity contribution in [3.05, 3.63) is 65.5 Å². The van der Waals surface area contributed by atoms with E-state index in [9.17, 15) is 13.6 Å². The third-order valence-electron chi connectivity index (χ3n) is 2.35. The van der Waals surface area contributed by atoms with Gasteiger partial charge in [-0.2, -0.15) is 0 Å². The molecule has 0 radical (unpaired) electrons. The largest absolute Gasteiger partial charge is 0.294 e. The molecule has 2 rings (SSSR count). The van der Waals surface area contributed by atoms with Gasteiger partial charge in [0.1, 0.15) is 0 Å². The van der Waals surface area contributed by atoms with E-state index in [0.29, 0.717) is 11.1 Å².